The Labute approximate surface area is 124 Å². The third kappa shape index (κ3) is 2.97. The number of thioether (sulfide) groups is 1. The number of carboxylic acid groups (broad SMARTS) is 1. The Kier molecular flexibility index (Phi) is 4.41. The van der Waals surface area contributed by atoms with Crippen LogP contribution in [0.25, 0.3) is 0 Å². The minimum Gasteiger partial charge on any atom is -0.481 e. The zero-order valence-corrected chi connectivity index (χ0v) is 12.2. The van der Waals surface area contributed by atoms with Crippen LogP contribution in [0.2, 0.25) is 0 Å². The van der Waals surface area contributed by atoms with Gasteiger partial charge in [0.1, 0.15) is 5.56 Å². The molecule has 0 bridgehead atoms. The van der Waals surface area contributed by atoms with Crippen LogP contribution >= 0.6 is 11.8 Å². The standard InChI is InChI=1S/C12H13N3O5S/c1-20-11(19)7-4-13-12(21-2)14-9(7)15-5-6(10(17)18)3-8(15)16/h4,6H,3,5H2,1-2H3,(H,17,18). The van der Waals surface area contributed by atoms with Crippen molar-refractivity contribution in [3.05, 3.63) is 11.8 Å². The molecule has 1 saturated heterocycles. The fraction of sp³-hybridized carbons (Fsp3) is 0.417. The van der Waals surface area contributed by atoms with Crippen molar-refractivity contribution in [3.8, 4) is 0 Å². The number of amides is 1. The molecule has 2 heterocycles. The average molecular weight is 311 g/mol. The molecule has 21 heavy (non-hydrogen) atoms. The average Bonchev–Trinajstić information content (AvgIpc) is 2.88. The molecule has 1 aromatic rings. The van der Waals surface area contributed by atoms with Crippen molar-refractivity contribution in [1.82, 2.24) is 9.97 Å². The van der Waals surface area contributed by atoms with E-state index in [-0.39, 0.29) is 24.3 Å². The van der Waals surface area contributed by atoms with Gasteiger partial charge >= 0.3 is 11.9 Å². The van der Waals surface area contributed by atoms with E-state index in [1.807, 2.05) is 0 Å². The summed E-state index contributed by atoms with van der Waals surface area (Å²) in [6.07, 6.45) is 2.92. The number of aliphatic carboxylic acids is 1. The van der Waals surface area contributed by atoms with E-state index in [1.165, 1.54) is 30.0 Å². The van der Waals surface area contributed by atoms with Crippen LogP contribution in [0.4, 0.5) is 5.82 Å². The summed E-state index contributed by atoms with van der Waals surface area (Å²) >= 11 is 1.25. The van der Waals surface area contributed by atoms with Gasteiger partial charge in [0.05, 0.1) is 13.0 Å². The molecule has 1 aromatic heterocycles. The van der Waals surface area contributed by atoms with E-state index in [2.05, 4.69) is 14.7 Å². The summed E-state index contributed by atoms with van der Waals surface area (Å²) in [7, 11) is 1.21. The molecule has 1 N–H and O–H groups in total. The van der Waals surface area contributed by atoms with Crippen molar-refractivity contribution in [1.29, 1.82) is 0 Å². The van der Waals surface area contributed by atoms with E-state index >= 15 is 0 Å². The summed E-state index contributed by atoms with van der Waals surface area (Å²) in [4.78, 5) is 44.1. The number of carboxylic acids is 1. The van der Waals surface area contributed by atoms with E-state index in [0.717, 1.165) is 0 Å². The molecule has 0 aromatic carbocycles. The molecule has 8 nitrogen and oxygen atoms in total. The summed E-state index contributed by atoms with van der Waals surface area (Å²) < 4.78 is 4.64. The Balaban J connectivity index is 2.43. The molecule has 9 heteroatoms. The van der Waals surface area contributed by atoms with Gasteiger partial charge in [0.15, 0.2) is 11.0 Å². The maximum atomic E-state index is 12.0. The lowest BCUT2D eigenvalue weighted by Crippen LogP contribution is -2.29. The normalized spacial score (nSPS) is 17.9. The van der Waals surface area contributed by atoms with Crippen molar-refractivity contribution < 1.29 is 24.2 Å². The van der Waals surface area contributed by atoms with Gasteiger partial charge in [0.2, 0.25) is 5.91 Å². The highest BCUT2D eigenvalue weighted by atomic mass is 32.2. The van der Waals surface area contributed by atoms with Crippen molar-refractivity contribution >= 4 is 35.4 Å². The quantitative estimate of drug-likeness (QED) is 0.484. The van der Waals surface area contributed by atoms with Gasteiger partial charge in [-0.25, -0.2) is 14.8 Å². The molecule has 112 valence electrons. The minimum atomic E-state index is -1.05. The second-order valence-electron chi connectivity index (χ2n) is 4.33. The van der Waals surface area contributed by atoms with Gasteiger partial charge < -0.3 is 9.84 Å². The molecule has 0 spiro atoms. The highest BCUT2D eigenvalue weighted by molar-refractivity contribution is 7.98. The number of hydrogen-bond acceptors (Lipinski definition) is 7. The van der Waals surface area contributed by atoms with E-state index in [4.69, 9.17) is 5.11 Å². The first-order chi connectivity index (χ1) is 9.97. The molecule has 1 atom stereocenters. The second-order valence-corrected chi connectivity index (χ2v) is 5.10. The number of hydrogen-bond donors (Lipinski definition) is 1. The molecule has 1 amide bonds. The lowest BCUT2D eigenvalue weighted by Gasteiger charge is -2.17. The van der Waals surface area contributed by atoms with Gasteiger partial charge in [-0.15, -0.1) is 0 Å². The Bertz CT molecular complexity index is 607. The fourth-order valence-corrected chi connectivity index (χ4v) is 2.33. The Hall–Kier alpha value is -2.16. The van der Waals surface area contributed by atoms with Crippen LogP contribution in [-0.2, 0) is 14.3 Å². The summed E-state index contributed by atoms with van der Waals surface area (Å²) in [6.45, 7) is -0.0248. The topological polar surface area (TPSA) is 110 Å². The van der Waals surface area contributed by atoms with Crippen molar-refractivity contribution in [2.45, 2.75) is 11.6 Å². The molecule has 1 aliphatic heterocycles. The molecule has 1 unspecified atom stereocenters. The Morgan fingerprint density at radius 3 is 2.76 bits per heavy atom. The second kappa shape index (κ2) is 6.08. The van der Waals surface area contributed by atoms with Crippen molar-refractivity contribution in [2.75, 3.05) is 24.8 Å². The first-order valence-corrected chi connectivity index (χ1v) is 7.23. The lowest BCUT2D eigenvalue weighted by atomic mass is 10.1. The predicted octanol–water partition coefficient (Wildman–Crippen LogP) is 0.423. The smallest absolute Gasteiger partial charge is 0.343 e. The van der Waals surface area contributed by atoms with Crippen LogP contribution in [0.15, 0.2) is 11.4 Å². The predicted molar refractivity (Wildman–Crippen MR) is 73.2 cm³/mol. The summed E-state index contributed by atoms with van der Waals surface area (Å²) in [6, 6.07) is 0. The molecule has 1 aliphatic rings. The molecule has 2 rings (SSSR count). The number of nitrogens with zero attached hydrogens (tertiary/aromatic N) is 3. The maximum absolute atomic E-state index is 12.0. The Morgan fingerprint density at radius 1 is 1.52 bits per heavy atom. The monoisotopic (exact) mass is 311 g/mol. The number of carbonyl (C=O) groups excluding carboxylic acids is 2. The van der Waals surface area contributed by atoms with Crippen LogP contribution in [0.1, 0.15) is 16.8 Å². The van der Waals surface area contributed by atoms with Gasteiger partial charge in [-0.3, -0.25) is 14.5 Å². The van der Waals surface area contributed by atoms with Crippen LogP contribution in [-0.4, -0.2) is 52.8 Å². The number of rotatable bonds is 4. The zero-order valence-electron chi connectivity index (χ0n) is 11.4. The summed E-state index contributed by atoms with van der Waals surface area (Å²) in [5.41, 5.74) is 0.0367. The zero-order chi connectivity index (χ0) is 15.6. The van der Waals surface area contributed by atoms with Gasteiger partial charge in [-0.05, 0) is 6.26 Å². The molecule has 0 saturated carbocycles. The van der Waals surface area contributed by atoms with Gasteiger partial charge in [0, 0.05) is 19.2 Å². The molecular formula is C12H13N3O5S. The number of esters is 1. The fourth-order valence-electron chi connectivity index (χ4n) is 1.99. The van der Waals surface area contributed by atoms with Gasteiger partial charge in [0.25, 0.3) is 0 Å². The molecular weight excluding hydrogens is 298 g/mol. The van der Waals surface area contributed by atoms with Crippen LogP contribution in [0.5, 0.6) is 0 Å². The van der Waals surface area contributed by atoms with Crippen LogP contribution in [0.3, 0.4) is 0 Å². The van der Waals surface area contributed by atoms with Crippen molar-refractivity contribution in [3.63, 3.8) is 0 Å². The molecule has 0 aliphatic carbocycles. The number of aromatic nitrogens is 2. The highest BCUT2D eigenvalue weighted by Gasteiger charge is 2.37. The van der Waals surface area contributed by atoms with E-state index in [0.29, 0.717) is 5.16 Å². The molecule has 1 fully saturated rings. The molecule has 0 radical (unpaired) electrons. The SMILES string of the molecule is COC(=O)c1cnc(SC)nc1N1CC(C(=O)O)CC1=O. The van der Waals surface area contributed by atoms with Crippen molar-refractivity contribution in [2.24, 2.45) is 5.92 Å². The minimum absolute atomic E-state index is 0.0248. The maximum Gasteiger partial charge on any atom is 0.343 e. The first kappa shape index (κ1) is 15.2. The number of ether oxygens (including phenoxy) is 1. The summed E-state index contributed by atoms with van der Waals surface area (Å²) in [5, 5.41) is 9.39. The van der Waals surface area contributed by atoms with Crippen LogP contribution in [0, 0.1) is 5.92 Å². The number of anilines is 1. The Morgan fingerprint density at radius 2 is 2.24 bits per heavy atom. The van der Waals surface area contributed by atoms with Gasteiger partial charge in [-0.1, -0.05) is 11.8 Å². The third-order valence-corrected chi connectivity index (χ3v) is 3.63. The summed E-state index contributed by atoms with van der Waals surface area (Å²) in [5.74, 6) is -2.84. The third-order valence-electron chi connectivity index (χ3n) is 3.06. The number of carbonyl (C=O) groups is 3. The highest BCUT2D eigenvalue weighted by Crippen LogP contribution is 2.28. The first-order valence-electron chi connectivity index (χ1n) is 6.00. The van der Waals surface area contributed by atoms with E-state index in [9.17, 15) is 14.4 Å². The van der Waals surface area contributed by atoms with E-state index < -0.39 is 23.8 Å². The number of methoxy groups -OCH3 is 1. The largest absolute Gasteiger partial charge is 0.481 e. The lowest BCUT2D eigenvalue weighted by molar-refractivity contribution is -0.141. The van der Waals surface area contributed by atoms with E-state index in [1.54, 1.807) is 6.26 Å². The van der Waals surface area contributed by atoms with Gasteiger partial charge in [-0.2, -0.15) is 0 Å². The van der Waals surface area contributed by atoms with Crippen LogP contribution < -0.4 is 4.90 Å².